The molecule has 0 aliphatic carbocycles. The summed E-state index contributed by atoms with van der Waals surface area (Å²) in [5.41, 5.74) is 0. The van der Waals surface area contributed by atoms with E-state index in [-0.39, 0.29) is 19.3 Å². The Morgan fingerprint density at radius 2 is 0.469 bits per heavy atom. The number of carbonyl (C=O) groups is 3. The van der Waals surface area contributed by atoms with Crippen molar-refractivity contribution < 1.29 is 75.8 Å². The van der Waals surface area contributed by atoms with Gasteiger partial charge in [0.25, 0.3) is 0 Å². The number of unbranched alkanes of at least 4 members (excludes halogenated alkanes) is 32. The molecule has 0 heterocycles. The average molecular weight is 1620 g/mol. The smallest absolute Gasteiger partial charge is 0.463 e. The second kappa shape index (κ2) is 86.3. The molecule has 0 spiro atoms. The fourth-order valence-corrected chi connectivity index (χ4v) is 13.3. The maximum atomic E-state index is 13.0. The summed E-state index contributed by atoms with van der Waals surface area (Å²) in [6.07, 6.45) is 111. The quantitative estimate of drug-likeness (QED) is 0.0146. The van der Waals surface area contributed by atoms with E-state index in [4.69, 9.17) is 32.3 Å². The number of hydrogen-bond donors (Lipinski definition) is 4. The minimum Gasteiger partial charge on any atom is -0.463 e. The Labute approximate surface area is 688 Å². The molecule has 5 atom stereocenters. The van der Waals surface area contributed by atoms with Gasteiger partial charge < -0.3 is 34.2 Å². The maximum Gasteiger partial charge on any atom is 0.472 e. The van der Waals surface area contributed by atoms with Gasteiger partial charge in [0, 0.05) is 19.3 Å². The monoisotopic (exact) mass is 1620 g/mol. The molecule has 646 valence electrons. The summed E-state index contributed by atoms with van der Waals surface area (Å²) in [7, 11) is -9.82. The maximum absolute atomic E-state index is 13.0. The lowest BCUT2D eigenvalue weighted by Gasteiger charge is -2.21. The normalized spacial score (nSPS) is 14.6. The number of esters is 3. The Bertz CT molecular complexity index is 2730. The number of phosphoric ester groups is 2. The van der Waals surface area contributed by atoms with Crippen molar-refractivity contribution in [3.63, 3.8) is 0 Å². The highest BCUT2D eigenvalue weighted by Gasteiger charge is 2.29. The first kappa shape index (κ1) is 108. The third-order valence-corrected chi connectivity index (χ3v) is 20.3. The Kier molecular flexibility index (Phi) is 82.4. The van der Waals surface area contributed by atoms with Gasteiger partial charge in [0.2, 0.25) is 0 Å². The third kappa shape index (κ3) is 87.6. The van der Waals surface area contributed by atoms with Crippen LogP contribution in [-0.4, -0.2) is 95.9 Å². The zero-order chi connectivity index (χ0) is 82.2. The van der Waals surface area contributed by atoms with Crippen molar-refractivity contribution in [2.75, 3.05) is 39.6 Å². The summed E-state index contributed by atoms with van der Waals surface area (Å²) >= 11 is 0. The number of allylic oxidation sites excluding steroid dienone is 28. The summed E-state index contributed by atoms with van der Waals surface area (Å²) in [6.45, 7) is 2.41. The van der Waals surface area contributed by atoms with Crippen molar-refractivity contribution in [2.24, 2.45) is 0 Å². The molecule has 0 bridgehead atoms. The van der Waals surface area contributed by atoms with Crippen LogP contribution in [-0.2, 0) is 55.8 Å². The highest BCUT2D eigenvalue weighted by Crippen LogP contribution is 2.45. The summed E-state index contributed by atoms with van der Waals surface area (Å²) in [4.78, 5) is 58.9. The fraction of sp³-hybridized carbons (Fsp3) is 0.674. The lowest BCUT2D eigenvalue weighted by molar-refractivity contribution is -0.161. The van der Waals surface area contributed by atoms with Crippen molar-refractivity contribution in [1.29, 1.82) is 0 Å². The van der Waals surface area contributed by atoms with Gasteiger partial charge >= 0.3 is 33.6 Å². The van der Waals surface area contributed by atoms with E-state index in [1.165, 1.54) is 122 Å². The predicted octanol–water partition coefficient (Wildman–Crippen LogP) is 27.1. The Morgan fingerprint density at radius 3 is 0.743 bits per heavy atom. The highest BCUT2D eigenvalue weighted by atomic mass is 31.2. The molecule has 0 aromatic carbocycles. The summed E-state index contributed by atoms with van der Waals surface area (Å²) in [6, 6.07) is 0. The van der Waals surface area contributed by atoms with Crippen LogP contribution < -0.4 is 0 Å². The molecule has 0 aliphatic rings. The van der Waals surface area contributed by atoms with Crippen LogP contribution in [0, 0.1) is 0 Å². The minimum absolute atomic E-state index is 0.0694. The molecule has 0 saturated carbocycles. The summed E-state index contributed by atoms with van der Waals surface area (Å²) < 4.78 is 61.3. The van der Waals surface area contributed by atoms with Crippen LogP contribution in [0.5, 0.6) is 0 Å². The molecule has 0 fully saturated rings. The van der Waals surface area contributed by atoms with Crippen molar-refractivity contribution in [3.8, 4) is 0 Å². The van der Waals surface area contributed by atoms with Gasteiger partial charge in [-0.05, 0) is 154 Å². The molecular formula is C95H160O16P2. The molecule has 16 nitrogen and oxygen atoms in total. The second-order valence-electron chi connectivity index (χ2n) is 29.3. The Balaban J connectivity index is 4.53. The Hall–Kier alpha value is -5.09. The number of ether oxygens (including phenoxy) is 3. The molecule has 0 aromatic heterocycles. The van der Waals surface area contributed by atoms with E-state index >= 15 is 0 Å². The number of hydrogen-bond acceptors (Lipinski definition) is 14. The van der Waals surface area contributed by atoms with Crippen LogP contribution in [0.25, 0.3) is 0 Å². The molecule has 113 heavy (non-hydrogen) atoms. The van der Waals surface area contributed by atoms with Gasteiger partial charge in [-0.1, -0.05) is 351 Å². The molecular weight excluding hydrogens is 1460 g/mol. The van der Waals surface area contributed by atoms with Crippen LogP contribution >= 0.6 is 15.6 Å². The Morgan fingerprint density at radius 1 is 0.257 bits per heavy atom. The highest BCUT2D eigenvalue weighted by molar-refractivity contribution is 7.47. The largest absolute Gasteiger partial charge is 0.472 e. The lowest BCUT2D eigenvalue weighted by atomic mass is 10.0. The summed E-state index contributed by atoms with van der Waals surface area (Å²) in [5.74, 6) is -1.61. The van der Waals surface area contributed by atoms with E-state index in [0.717, 1.165) is 173 Å². The van der Waals surface area contributed by atoms with Gasteiger partial charge in [-0.15, -0.1) is 0 Å². The van der Waals surface area contributed by atoms with Crippen LogP contribution in [0.15, 0.2) is 170 Å². The van der Waals surface area contributed by atoms with Crippen molar-refractivity contribution in [3.05, 3.63) is 170 Å². The van der Waals surface area contributed by atoms with Crippen molar-refractivity contribution in [2.45, 2.75) is 373 Å². The number of aliphatic hydroxyl groups is 2. The van der Waals surface area contributed by atoms with Gasteiger partial charge in [0.1, 0.15) is 25.4 Å². The molecule has 0 radical (unpaired) electrons. The standard InChI is InChI=1S/C95H160O16P2/c1-4-7-10-13-16-19-22-25-28-31-33-35-37-39-41-42-43-44-45-46-48-50-51-53-55-58-60-63-66-69-72-75-78-81-93(98)105-84-90(96)85-107-112(101,102)108-86-91(97)87-109-113(103,104)110-89-92(111-95(100)83-80-77-74-71-68-65-62-57-30-27-24-21-18-15-12-9-6-3)88-106-94(99)82-79-76-73-70-67-64-61-59-56-54-52-49-47-40-38-36-34-32-29-26-23-20-17-14-11-8-5-2/h8-9,11-12,16-21,25-30,33-36,39-41,47,52,54,62,65,90-92,96-97H,4-7,10,13-15,22-24,31-32,37-38,42-46,48-51,53,55-61,63-64,66-89H2,1-3H3,(H,101,102)(H,103,104)/b11-8-,12-9-,19-16-,20-17-,21-18-,28-25-,29-26-,30-27-,35-33-,36-34-,41-39-,47-40-,54-52-,65-62-. The number of rotatable bonds is 83. The van der Waals surface area contributed by atoms with E-state index in [0.29, 0.717) is 19.3 Å². The number of aliphatic hydroxyl groups excluding tert-OH is 2. The van der Waals surface area contributed by atoms with E-state index in [2.05, 4.69) is 191 Å². The van der Waals surface area contributed by atoms with Crippen LogP contribution in [0.1, 0.15) is 355 Å². The zero-order valence-corrected chi connectivity index (χ0v) is 72.8. The molecule has 4 N–H and O–H groups in total. The van der Waals surface area contributed by atoms with E-state index in [1.807, 2.05) is 0 Å². The topological polar surface area (TPSA) is 231 Å². The fourth-order valence-electron chi connectivity index (χ4n) is 11.7. The van der Waals surface area contributed by atoms with Crippen LogP contribution in [0.2, 0.25) is 0 Å². The van der Waals surface area contributed by atoms with E-state index < -0.39 is 91.5 Å². The SMILES string of the molecule is CC/C=C\C/C=C\C/C=C\C/C=C\C/C=C\C/C=C\CCCCCCCCCCC(=O)OCC(COP(=O)(O)OCC(O)COP(=O)(O)OCC(O)COC(=O)CCCCCCCCCCCCCCCCCCC/C=C\C/C=C\C/C=C\C/C=C\CCCCC)OC(=O)CCCCCC/C=C\C/C=C\C/C=C\C/C=C\CC. The molecule has 18 heteroatoms. The zero-order valence-electron chi connectivity index (χ0n) is 71.0. The van der Waals surface area contributed by atoms with Gasteiger partial charge in [0.05, 0.1) is 26.4 Å². The van der Waals surface area contributed by atoms with Crippen molar-refractivity contribution in [1.82, 2.24) is 0 Å². The average Bonchev–Trinajstić information content (AvgIpc) is 0.897. The number of carbonyl (C=O) groups excluding carboxylic acids is 3. The molecule has 0 aliphatic heterocycles. The van der Waals surface area contributed by atoms with Crippen LogP contribution in [0.3, 0.4) is 0 Å². The van der Waals surface area contributed by atoms with E-state index in [9.17, 15) is 43.5 Å². The molecule has 0 aromatic rings. The predicted molar refractivity (Wildman–Crippen MR) is 472 cm³/mol. The van der Waals surface area contributed by atoms with Crippen molar-refractivity contribution >= 4 is 33.6 Å². The molecule has 0 saturated heterocycles. The third-order valence-electron chi connectivity index (χ3n) is 18.4. The van der Waals surface area contributed by atoms with Gasteiger partial charge in [-0.25, -0.2) is 9.13 Å². The first-order valence-electron chi connectivity index (χ1n) is 44.4. The second-order valence-corrected chi connectivity index (χ2v) is 32.2. The number of phosphoric acid groups is 2. The lowest BCUT2D eigenvalue weighted by Crippen LogP contribution is -2.30. The van der Waals surface area contributed by atoms with Crippen LogP contribution in [0.4, 0.5) is 0 Å². The summed E-state index contributed by atoms with van der Waals surface area (Å²) in [5, 5.41) is 20.7. The molecule has 0 amide bonds. The molecule has 5 unspecified atom stereocenters. The first-order valence-corrected chi connectivity index (χ1v) is 47.4. The van der Waals surface area contributed by atoms with Gasteiger partial charge in [-0.2, -0.15) is 0 Å². The van der Waals surface area contributed by atoms with Gasteiger partial charge in [-0.3, -0.25) is 32.5 Å². The minimum atomic E-state index is -4.95. The molecule has 0 rings (SSSR count). The van der Waals surface area contributed by atoms with Gasteiger partial charge in [0.15, 0.2) is 6.10 Å². The van der Waals surface area contributed by atoms with E-state index in [1.54, 1.807) is 0 Å². The first-order chi connectivity index (χ1) is 55.2.